The highest BCUT2D eigenvalue weighted by molar-refractivity contribution is 5.79. The summed E-state index contributed by atoms with van der Waals surface area (Å²) < 4.78 is 3.88. The van der Waals surface area contributed by atoms with Gasteiger partial charge in [-0.25, -0.2) is 19.5 Å². The minimum atomic E-state index is 0.290. The molecule has 0 saturated carbocycles. The molecule has 0 aliphatic carbocycles. The Morgan fingerprint density at radius 2 is 1.96 bits per heavy atom. The van der Waals surface area contributed by atoms with Crippen LogP contribution in [-0.4, -0.2) is 35.0 Å². The van der Waals surface area contributed by atoms with Crippen LogP contribution in [0, 0.1) is 0 Å². The largest absolute Gasteiger partial charge is 0.351 e. The Bertz CT molecular complexity index is 1010. The zero-order valence-corrected chi connectivity index (χ0v) is 13.9. The monoisotopic (exact) mass is 321 g/mol. The number of anilines is 1. The van der Waals surface area contributed by atoms with Gasteiger partial charge in [0.2, 0.25) is 11.7 Å². The van der Waals surface area contributed by atoms with Crippen molar-refractivity contribution >= 4 is 17.2 Å². The molecule has 1 N–H and O–H groups in total. The van der Waals surface area contributed by atoms with E-state index in [1.54, 1.807) is 0 Å². The van der Waals surface area contributed by atoms with E-state index in [1.165, 1.54) is 0 Å². The van der Waals surface area contributed by atoms with Gasteiger partial charge in [0.25, 0.3) is 0 Å². The Balaban J connectivity index is 1.81. The van der Waals surface area contributed by atoms with E-state index in [-0.39, 0.29) is 6.04 Å². The minimum absolute atomic E-state index is 0.290. The number of aromatic nitrogens is 6. The third-order valence-corrected chi connectivity index (χ3v) is 3.95. The van der Waals surface area contributed by atoms with Crippen LogP contribution in [0.25, 0.3) is 22.4 Å². The van der Waals surface area contributed by atoms with E-state index in [0.717, 1.165) is 34.5 Å². The molecular formula is C17H19N7. The standard InChI is InChI=1S/C17H19N7/c1-4-13-8-20-17-19-7-12(10-23(13)17)14-5-6-24-15(14)9-18-16(22-24)21-11(2)3/h5-11H,4H2,1-3H3,(H,21,22). The molecule has 7 heteroatoms. The minimum Gasteiger partial charge on any atom is -0.351 e. The number of nitrogens with zero attached hydrogens (tertiary/aromatic N) is 6. The van der Waals surface area contributed by atoms with Crippen molar-refractivity contribution < 1.29 is 0 Å². The van der Waals surface area contributed by atoms with Gasteiger partial charge in [-0.3, -0.25) is 4.40 Å². The van der Waals surface area contributed by atoms with Crippen LogP contribution in [0.15, 0.2) is 37.1 Å². The van der Waals surface area contributed by atoms with Crippen molar-refractivity contribution in [1.82, 2.24) is 29.0 Å². The van der Waals surface area contributed by atoms with Crippen LogP contribution in [0.4, 0.5) is 5.95 Å². The first kappa shape index (κ1) is 14.6. The number of aryl methyl sites for hydroxylation is 1. The Morgan fingerprint density at radius 3 is 2.75 bits per heavy atom. The molecule has 0 spiro atoms. The molecule has 7 nitrogen and oxygen atoms in total. The van der Waals surface area contributed by atoms with Gasteiger partial charge in [-0.15, -0.1) is 5.10 Å². The number of fused-ring (bicyclic) bond motifs is 2. The van der Waals surface area contributed by atoms with E-state index in [0.29, 0.717) is 5.95 Å². The summed E-state index contributed by atoms with van der Waals surface area (Å²) in [6.07, 6.45) is 10.5. The normalized spacial score (nSPS) is 11.7. The van der Waals surface area contributed by atoms with Crippen molar-refractivity contribution in [2.24, 2.45) is 0 Å². The summed E-state index contributed by atoms with van der Waals surface area (Å²) in [6, 6.07) is 2.33. The Labute approximate surface area is 139 Å². The van der Waals surface area contributed by atoms with Gasteiger partial charge in [0, 0.05) is 41.5 Å². The van der Waals surface area contributed by atoms with Crippen molar-refractivity contribution in [1.29, 1.82) is 0 Å². The summed E-state index contributed by atoms with van der Waals surface area (Å²) in [5.41, 5.74) is 4.16. The molecule has 0 aromatic carbocycles. The maximum Gasteiger partial charge on any atom is 0.241 e. The van der Waals surface area contributed by atoms with Gasteiger partial charge in [0.1, 0.15) is 0 Å². The van der Waals surface area contributed by atoms with Crippen LogP contribution >= 0.6 is 0 Å². The highest BCUT2D eigenvalue weighted by atomic mass is 15.3. The van der Waals surface area contributed by atoms with Gasteiger partial charge < -0.3 is 5.32 Å². The second kappa shape index (κ2) is 5.59. The van der Waals surface area contributed by atoms with E-state index in [2.05, 4.69) is 52.3 Å². The van der Waals surface area contributed by atoms with Crippen LogP contribution in [0.3, 0.4) is 0 Å². The molecule has 4 heterocycles. The number of imidazole rings is 1. The molecule has 0 atom stereocenters. The van der Waals surface area contributed by atoms with Gasteiger partial charge in [-0.2, -0.15) is 0 Å². The SMILES string of the molecule is CCc1cnc2ncc(-c3ccn4nc(NC(C)C)ncc34)cn12. The molecule has 4 aromatic heterocycles. The third-order valence-electron chi connectivity index (χ3n) is 3.95. The van der Waals surface area contributed by atoms with Gasteiger partial charge >= 0.3 is 0 Å². The van der Waals surface area contributed by atoms with E-state index >= 15 is 0 Å². The molecule has 122 valence electrons. The fourth-order valence-corrected chi connectivity index (χ4v) is 2.79. The van der Waals surface area contributed by atoms with E-state index in [4.69, 9.17) is 0 Å². The summed E-state index contributed by atoms with van der Waals surface area (Å²) >= 11 is 0. The molecule has 0 aliphatic rings. The fraction of sp³-hybridized carbons (Fsp3) is 0.294. The van der Waals surface area contributed by atoms with Crippen molar-refractivity contribution in [3.63, 3.8) is 0 Å². The maximum absolute atomic E-state index is 4.50. The van der Waals surface area contributed by atoms with Crippen molar-refractivity contribution in [2.75, 3.05) is 5.32 Å². The van der Waals surface area contributed by atoms with Crippen molar-refractivity contribution in [3.05, 3.63) is 42.7 Å². The Hall–Kier alpha value is -2.96. The fourth-order valence-electron chi connectivity index (χ4n) is 2.79. The van der Waals surface area contributed by atoms with Gasteiger partial charge in [0.05, 0.1) is 17.9 Å². The molecule has 0 amide bonds. The molecule has 4 aromatic rings. The van der Waals surface area contributed by atoms with Crippen LogP contribution < -0.4 is 5.32 Å². The molecule has 0 aliphatic heterocycles. The van der Waals surface area contributed by atoms with E-state index in [1.807, 2.05) is 39.8 Å². The van der Waals surface area contributed by atoms with Crippen LogP contribution in [-0.2, 0) is 6.42 Å². The summed E-state index contributed by atoms with van der Waals surface area (Å²) in [5.74, 6) is 1.34. The highest BCUT2D eigenvalue weighted by Crippen LogP contribution is 2.25. The number of nitrogens with one attached hydrogen (secondary N) is 1. The molecule has 0 bridgehead atoms. The first-order valence-corrected chi connectivity index (χ1v) is 8.09. The number of rotatable bonds is 4. The maximum atomic E-state index is 4.50. The van der Waals surface area contributed by atoms with Crippen molar-refractivity contribution in [2.45, 2.75) is 33.2 Å². The Kier molecular flexibility index (Phi) is 3.41. The van der Waals surface area contributed by atoms with E-state index < -0.39 is 0 Å². The van der Waals surface area contributed by atoms with Crippen LogP contribution in [0.1, 0.15) is 26.5 Å². The topological polar surface area (TPSA) is 72.4 Å². The molecule has 24 heavy (non-hydrogen) atoms. The second-order valence-corrected chi connectivity index (χ2v) is 6.06. The molecule has 4 rings (SSSR count). The van der Waals surface area contributed by atoms with Crippen molar-refractivity contribution in [3.8, 4) is 11.1 Å². The van der Waals surface area contributed by atoms with Crippen LogP contribution in [0.5, 0.6) is 0 Å². The Morgan fingerprint density at radius 1 is 1.12 bits per heavy atom. The lowest BCUT2D eigenvalue weighted by atomic mass is 10.1. The molecule has 0 fully saturated rings. The average Bonchev–Trinajstić information content (AvgIpc) is 3.16. The number of hydrogen-bond acceptors (Lipinski definition) is 5. The predicted octanol–water partition coefficient (Wildman–Crippen LogP) is 2.82. The third kappa shape index (κ3) is 2.38. The zero-order valence-electron chi connectivity index (χ0n) is 13.9. The molecule has 0 unspecified atom stereocenters. The number of hydrogen-bond donors (Lipinski definition) is 1. The molecular weight excluding hydrogens is 302 g/mol. The lowest BCUT2D eigenvalue weighted by Crippen LogP contribution is -2.13. The van der Waals surface area contributed by atoms with Gasteiger partial charge in [-0.05, 0) is 26.3 Å². The smallest absolute Gasteiger partial charge is 0.241 e. The molecule has 0 saturated heterocycles. The lowest BCUT2D eigenvalue weighted by Gasteiger charge is -2.08. The first-order valence-electron chi connectivity index (χ1n) is 8.09. The second-order valence-electron chi connectivity index (χ2n) is 6.06. The summed E-state index contributed by atoms with van der Waals surface area (Å²) in [5, 5.41) is 7.72. The summed E-state index contributed by atoms with van der Waals surface area (Å²) in [4.78, 5) is 13.2. The van der Waals surface area contributed by atoms with E-state index in [9.17, 15) is 0 Å². The quantitative estimate of drug-likeness (QED) is 0.626. The summed E-state index contributed by atoms with van der Waals surface area (Å²) in [6.45, 7) is 6.24. The van der Waals surface area contributed by atoms with Gasteiger partial charge in [0.15, 0.2) is 0 Å². The van der Waals surface area contributed by atoms with Crippen LogP contribution in [0.2, 0.25) is 0 Å². The first-order chi connectivity index (χ1) is 11.7. The zero-order chi connectivity index (χ0) is 16.7. The average molecular weight is 321 g/mol. The molecule has 0 radical (unpaired) electrons. The van der Waals surface area contributed by atoms with Gasteiger partial charge in [-0.1, -0.05) is 6.92 Å². The highest BCUT2D eigenvalue weighted by Gasteiger charge is 2.11. The predicted molar refractivity (Wildman–Crippen MR) is 93.1 cm³/mol. The lowest BCUT2D eigenvalue weighted by molar-refractivity contribution is 0.834. The summed E-state index contributed by atoms with van der Waals surface area (Å²) in [7, 11) is 0.